The first-order chi connectivity index (χ1) is 5.42. The van der Waals surface area contributed by atoms with Crippen LogP contribution in [0.25, 0.3) is 0 Å². The van der Waals surface area contributed by atoms with Crippen molar-refractivity contribution in [2.24, 2.45) is 5.92 Å². The van der Waals surface area contributed by atoms with Crippen LogP contribution < -0.4 is 0 Å². The van der Waals surface area contributed by atoms with Crippen LogP contribution in [-0.2, 0) is 4.79 Å². The highest BCUT2D eigenvalue weighted by molar-refractivity contribution is 5.61. The zero-order valence-electron chi connectivity index (χ0n) is 6.23. The smallest absolute Gasteiger partial charge is 0.123 e. The second kappa shape index (κ2) is 2.50. The van der Waals surface area contributed by atoms with E-state index in [9.17, 15) is 4.79 Å². The standard InChI is InChI=1S/C10H10O/c11-7-9-6-10(9)8-4-2-1-3-5-8/h1-5,7,9-10H,6H2/t9?,10-/m1/s1. The van der Waals surface area contributed by atoms with E-state index >= 15 is 0 Å². The van der Waals surface area contributed by atoms with Crippen LogP contribution in [0.2, 0.25) is 0 Å². The fourth-order valence-electron chi connectivity index (χ4n) is 1.45. The first-order valence-electron chi connectivity index (χ1n) is 3.92. The van der Waals surface area contributed by atoms with Gasteiger partial charge in [-0.2, -0.15) is 0 Å². The molecule has 2 rings (SSSR count). The van der Waals surface area contributed by atoms with Crippen molar-refractivity contribution in [1.82, 2.24) is 0 Å². The monoisotopic (exact) mass is 146 g/mol. The second-order valence-electron chi connectivity index (χ2n) is 3.05. The van der Waals surface area contributed by atoms with Gasteiger partial charge in [0.2, 0.25) is 0 Å². The summed E-state index contributed by atoms with van der Waals surface area (Å²) in [4.78, 5) is 10.4. The summed E-state index contributed by atoms with van der Waals surface area (Å²) in [6.45, 7) is 0. The van der Waals surface area contributed by atoms with E-state index < -0.39 is 0 Å². The molecule has 1 unspecified atom stereocenters. The van der Waals surface area contributed by atoms with Crippen molar-refractivity contribution in [2.75, 3.05) is 0 Å². The van der Waals surface area contributed by atoms with Crippen LogP contribution in [0.1, 0.15) is 17.9 Å². The van der Waals surface area contributed by atoms with E-state index in [4.69, 9.17) is 0 Å². The van der Waals surface area contributed by atoms with E-state index in [1.807, 2.05) is 18.2 Å². The van der Waals surface area contributed by atoms with Gasteiger partial charge in [0.15, 0.2) is 0 Å². The molecule has 56 valence electrons. The Morgan fingerprint density at radius 3 is 2.55 bits per heavy atom. The summed E-state index contributed by atoms with van der Waals surface area (Å²) in [6.07, 6.45) is 2.12. The van der Waals surface area contributed by atoms with Gasteiger partial charge in [0, 0.05) is 5.92 Å². The normalized spacial score (nSPS) is 28.0. The quantitative estimate of drug-likeness (QED) is 0.583. The number of carbonyl (C=O) groups excluding carboxylic acids is 1. The molecule has 2 atom stereocenters. The SMILES string of the molecule is O=CC1C[C@@H]1c1ccccc1. The molecule has 0 N–H and O–H groups in total. The summed E-state index contributed by atoms with van der Waals surface area (Å²) in [6, 6.07) is 10.2. The van der Waals surface area contributed by atoms with Crippen molar-refractivity contribution in [1.29, 1.82) is 0 Å². The molecule has 0 aliphatic heterocycles. The molecule has 1 aliphatic carbocycles. The highest BCUT2D eigenvalue weighted by Gasteiger charge is 2.37. The van der Waals surface area contributed by atoms with Crippen molar-refractivity contribution in [3.63, 3.8) is 0 Å². The highest BCUT2D eigenvalue weighted by Crippen LogP contribution is 2.45. The van der Waals surface area contributed by atoms with Gasteiger partial charge in [0.25, 0.3) is 0 Å². The maximum absolute atomic E-state index is 10.4. The van der Waals surface area contributed by atoms with Crippen molar-refractivity contribution in [3.05, 3.63) is 35.9 Å². The molecule has 11 heavy (non-hydrogen) atoms. The summed E-state index contributed by atoms with van der Waals surface area (Å²) < 4.78 is 0. The molecule has 0 radical (unpaired) electrons. The molecule has 0 aromatic heterocycles. The highest BCUT2D eigenvalue weighted by atomic mass is 16.1. The molecule has 0 heterocycles. The number of carbonyl (C=O) groups is 1. The average Bonchev–Trinajstić information content (AvgIpc) is 2.85. The molecule has 1 fully saturated rings. The summed E-state index contributed by atoms with van der Waals surface area (Å²) in [7, 11) is 0. The molecule has 1 nitrogen and oxygen atoms in total. The lowest BCUT2D eigenvalue weighted by Crippen LogP contribution is -1.82. The van der Waals surface area contributed by atoms with E-state index in [1.54, 1.807) is 0 Å². The van der Waals surface area contributed by atoms with Crippen LogP contribution in [0.4, 0.5) is 0 Å². The molecule has 1 aromatic rings. The van der Waals surface area contributed by atoms with Crippen LogP contribution in [0.3, 0.4) is 0 Å². The second-order valence-corrected chi connectivity index (χ2v) is 3.05. The minimum absolute atomic E-state index is 0.303. The van der Waals surface area contributed by atoms with Crippen LogP contribution in [0.5, 0.6) is 0 Å². The Labute approximate surface area is 66.0 Å². The Morgan fingerprint density at radius 2 is 2.00 bits per heavy atom. The van der Waals surface area contributed by atoms with Crippen molar-refractivity contribution in [2.45, 2.75) is 12.3 Å². The molecule has 1 aliphatic rings. The van der Waals surface area contributed by atoms with Crippen LogP contribution in [0.15, 0.2) is 30.3 Å². The third-order valence-corrected chi connectivity index (χ3v) is 2.24. The van der Waals surface area contributed by atoms with Gasteiger partial charge in [0.1, 0.15) is 6.29 Å². The number of hydrogen-bond acceptors (Lipinski definition) is 1. The number of rotatable bonds is 2. The van der Waals surface area contributed by atoms with Crippen molar-refractivity contribution in [3.8, 4) is 0 Å². The zero-order valence-corrected chi connectivity index (χ0v) is 6.23. The van der Waals surface area contributed by atoms with Gasteiger partial charge < -0.3 is 4.79 Å². The largest absolute Gasteiger partial charge is 0.303 e. The first-order valence-corrected chi connectivity index (χ1v) is 3.92. The molecule has 1 heteroatoms. The van der Waals surface area contributed by atoms with E-state index in [1.165, 1.54) is 5.56 Å². The summed E-state index contributed by atoms with van der Waals surface area (Å²) in [5, 5.41) is 0. The molecule has 0 bridgehead atoms. The van der Waals surface area contributed by atoms with Crippen LogP contribution in [-0.4, -0.2) is 6.29 Å². The fourth-order valence-corrected chi connectivity index (χ4v) is 1.45. The van der Waals surface area contributed by atoms with Gasteiger partial charge >= 0.3 is 0 Å². The van der Waals surface area contributed by atoms with Gasteiger partial charge in [0.05, 0.1) is 0 Å². The van der Waals surface area contributed by atoms with Crippen LogP contribution in [0, 0.1) is 5.92 Å². The number of benzene rings is 1. The molecule has 1 saturated carbocycles. The van der Waals surface area contributed by atoms with Gasteiger partial charge in [-0.05, 0) is 17.9 Å². The van der Waals surface area contributed by atoms with Gasteiger partial charge in [-0.1, -0.05) is 30.3 Å². The van der Waals surface area contributed by atoms with E-state index in [0.717, 1.165) is 12.7 Å². The lowest BCUT2D eigenvalue weighted by molar-refractivity contribution is -0.108. The Kier molecular flexibility index (Phi) is 1.50. The molecular formula is C10H10O. The predicted octanol–water partition coefficient (Wildman–Crippen LogP) is 1.99. The third-order valence-electron chi connectivity index (χ3n) is 2.24. The van der Waals surface area contributed by atoms with E-state index in [2.05, 4.69) is 12.1 Å². The lowest BCUT2D eigenvalue weighted by Gasteiger charge is -1.94. The summed E-state index contributed by atoms with van der Waals surface area (Å²) in [5.74, 6) is 0.825. The maximum Gasteiger partial charge on any atom is 0.123 e. The third kappa shape index (κ3) is 1.18. The molecule has 0 amide bonds. The molecule has 1 aromatic carbocycles. The minimum Gasteiger partial charge on any atom is -0.303 e. The fraction of sp³-hybridized carbons (Fsp3) is 0.300. The molecular weight excluding hydrogens is 136 g/mol. The van der Waals surface area contributed by atoms with E-state index in [-0.39, 0.29) is 0 Å². The number of aldehydes is 1. The summed E-state index contributed by atoms with van der Waals surface area (Å²) in [5.41, 5.74) is 1.31. The number of hydrogen-bond donors (Lipinski definition) is 0. The van der Waals surface area contributed by atoms with Crippen molar-refractivity contribution < 1.29 is 4.79 Å². The minimum atomic E-state index is 0.303. The average molecular weight is 146 g/mol. The van der Waals surface area contributed by atoms with E-state index in [0.29, 0.717) is 11.8 Å². The first kappa shape index (κ1) is 6.59. The maximum atomic E-state index is 10.4. The Balaban J connectivity index is 2.14. The Hall–Kier alpha value is -1.11. The van der Waals surface area contributed by atoms with Gasteiger partial charge in [-0.15, -0.1) is 0 Å². The Bertz CT molecular complexity index is 253. The zero-order chi connectivity index (χ0) is 7.68. The van der Waals surface area contributed by atoms with Crippen LogP contribution >= 0.6 is 0 Å². The molecule has 0 spiro atoms. The molecule has 0 saturated heterocycles. The lowest BCUT2D eigenvalue weighted by atomic mass is 10.1. The van der Waals surface area contributed by atoms with Crippen molar-refractivity contribution >= 4 is 6.29 Å². The predicted molar refractivity (Wildman–Crippen MR) is 43.4 cm³/mol. The Morgan fingerprint density at radius 1 is 1.27 bits per heavy atom. The topological polar surface area (TPSA) is 17.1 Å². The van der Waals surface area contributed by atoms with Gasteiger partial charge in [-0.25, -0.2) is 0 Å². The van der Waals surface area contributed by atoms with Gasteiger partial charge in [-0.3, -0.25) is 0 Å². The summed E-state index contributed by atoms with van der Waals surface area (Å²) >= 11 is 0.